The number of hydrogen-bond acceptors (Lipinski definition) is 4. The van der Waals surface area contributed by atoms with E-state index in [1.165, 1.54) is 0 Å². The summed E-state index contributed by atoms with van der Waals surface area (Å²) in [6.07, 6.45) is 4.02. The molecule has 2 atom stereocenters. The minimum Gasteiger partial charge on any atom is -0.372 e. The van der Waals surface area contributed by atoms with E-state index in [-0.39, 0.29) is 12.2 Å². The number of morpholine rings is 1. The molecule has 2 heterocycles. The maximum Gasteiger partial charge on any atom is 0.225 e. The number of ether oxygens (including phenoxy) is 1. The van der Waals surface area contributed by atoms with Gasteiger partial charge in [0.25, 0.3) is 0 Å². The van der Waals surface area contributed by atoms with Crippen LogP contribution in [0.25, 0.3) is 0 Å². The largest absolute Gasteiger partial charge is 0.372 e. The van der Waals surface area contributed by atoms with Gasteiger partial charge in [-0.15, -0.1) is 0 Å². The first-order valence-electron chi connectivity index (χ1n) is 5.03. The van der Waals surface area contributed by atoms with Crippen LogP contribution >= 0.6 is 15.9 Å². The summed E-state index contributed by atoms with van der Waals surface area (Å²) in [6, 6.07) is 0. The van der Waals surface area contributed by atoms with Gasteiger partial charge in [-0.3, -0.25) is 0 Å². The summed E-state index contributed by atoms with van der Waals surface area (Å²) in [4.78, 5) is 10.7. The number of halogens is 1. The zero-order chi connectivity index (χ0) is 10.8. The highest BCUT2D eigenvalue weighted by molar-refractivity contribution is 9.10. The number of nitrogens with zero attached hydrogens (tertiary/aromatic N) is 3. The van der Waals surface area contributed by atoms with Crippen molar-refractivity contribution in [2.45, 2.75) is 26.1 Å². The van der Waals surface area contributed by atoms with Crippen LogP contribution in [0.5, 0.6) is 0 Å². The molecule has 1 aliphatic heterocycles. The van der Waals surface area contributed by atoms with Crippen LogP contribution in [0, 0.1) is 0 Å². The Bertz CT molecular complexity index is 320. The van der Waals surface area contributed by atoms with Crippen molar-refractivity contribution >= 4 is 21.9 Å². The van der Waals surface area contributed by atoms with Crippen LogP contribution < -0.4 is 4.90 Å². The van der Waals surface area contributed by atoms with Crippen LogP contribution in [-0.2, 0) is 4.74 Å². The molecule has 0 unspecified atom stereocenters. The van der Waals surface area contributed by atoms with E-state index in [1.54, 1.807) is 12.4 Å². The highest BCUT2D eigenvalue weighted by atomic mass is 79.9. The van der Waals surface area contributed by atoms with Gasteiger partial charge in [0.05, 0.1) is 16.7 Å². The summed E-state index contributed by atoms with van der Waals surface area (Å²) in [5, 5.41) is 0. The van der Waals surface area contributed by atoms with Crippen LogP contribution in [0.1, 0.15) is 13.8 Å². The minimum absolute atomic E-state index is 0.237. The van der Waals surface area contributed by atoms with Gasteiger partial charge in [-0.05, 0) is 29.8 Å². The molecule has 82 valence electrons. The van der Waals surface area contributed by atoms with Crippen molar-refractivity contribution in [3.05, 3.63) is 16.9 Å². The van der Waals surface area contributed by atoms with Crippen molar-refractivity contribution in [1.29, 1.82) is 0 Å². The lowest BCUT2D eigenvalue weighted by atomic mass is 10.2. The molecule has 0 aliphatic carbocycles. The van der Waals surface area contributed by atoms with Crippen molar-refractivity contribution in [1.82, 2.24) is 9.97 Å². The third kappa shape index (κ3) is 2.66. The molecule has 0 saturated carbocycles. The summed E-state index contributed by atoms with van der Waals surface area (Å²) < 4.78 is 6.56. The highest BCUT2D eigenvalue weighted by Gasteiger charge is 2.23. The molecule has 1 aromatic rings. The Morgan fingerprint density at radius 2 is 1.80 bits per heavy atom. The molecule has 4 nitrogen and oxygen atoms in total. The molecule has 1 aromatic heterocycles. The third-order valence-electron chi connectivity index (χ3n) is 2.31. The Hall–Kier alpha value is -0.680. The minimum atomic E-state index is 0.237. The zero-order valence-electron chi connectivity index (χ0n) is 8.85. The van der Waals surface area contributed by atoms with Crippen LogP contribution in [-0.4, -0.2) is 35.3 Å². The quantitative estimate of drug-likeness (QED) is 0.782. The molecule has 0 aromatic carbocycles. The van der Waals surface area contributed by atoms with Crippen molar-refractivity contribution < 1.29 is 4.74 Å². The van der Waals surface area contributed by atoms with E-state index in [4.69, 9.17) is 4.74 Å². The maximum atomic E-state index is 5.66. The van der Waals surface area contributed by atoms with E-state index in [0.29, 0.717) is 0 Å². The van der Waals surface area contributed by atoms with Gasteiger partial charge in [-0.2, -0.15) is 0 Å². The van der Waals surface area contributed by atoms with Gasteiger partial charge in [0, 0.05) is 25.5 Å². The number of hydrogen-bond donors (Lipinski definition) is 0. The van der Waals surface area contributed by atoms with Crippen LogP contribution in [0.15, 0.2) is 16.9 Å². The van der Waals surface area contributed by atoms with Crippen LogP contribution in [0.4, 0.5) is 5.95 Å². The molecule has 1 aliphatic rings. The summed E-state index contributed by atoms with van der Waals surface area (Å²) in [5.41, 5.74) is 0. The van der Waals surface area contributed by atoms with Gasteiger partial charge < -0.3 is 9.64 Å². The summed E-state index contributed by atoms with van der Waals surface area (Å²) >= 11 is 3.32. The molecule has 1 saturated heterocycles. The summed E-state index contributed by atoms with van der Waals surface area (Å²) in [6.45, 7) is 5.85. The third-order valence-corrected chi connectivity index (χ3v) is 2.72. The SMILES string of the molecule is C[C@@H]1CN(c2ncc(Br)cn2)C[C@@H](C)O1. The normalized spacial score (nSPS) is 26.7. The number of aromatic nitrogens is 2. The maximum absolute atomic E-state index is 5.66. The smallest absolute Gasteiger partial charge is 0.225 e. The number of anilines is 1. The van der Waals surface area contributed by atoms with E-state index < -0.39 is 0 Å². The molecule has 5 heteroatoms. The number of rotatable bonds is 1. The molecular weight excluding hydrogens is 258 g/mol. The predicted molar refractivity (Wildman–Crippen MR) is 62.0 cm³/mol. The predicted octanol–water partition coefficient (Wildman–Crippen LogP) is 1.85. The first kappa shape index (κ1) is 10.8. The average molecular weight is 272 g/mol. The topological polar surface area (TPSA) is 38.2 Å². The van der Waals surface area contributed by atoms with Crippen molar-refractivity contribution in [3.8, 4) is 0 Å². The van der Waals surface area contributed by atoms with Crippen LogP contribution in [0.3, 0.4) is 0 Å². The van der Waals surface area contributed by atoms with Gasteiger partial charge in [0.15, 0.2) is 0 Å². The fourth-order valence-electron chi connectivity index (χ4n) is 1.81. The molecule has 0 amide bonds. The molecule has 0 spiro atoms. The molecule has 0 bridgehead atoms. The molecular formula is C10H14BrN3O. The van der Waals surface area contributed by atoms with Gasteiger partial charge >= 0.3 is 0 Å². The van der Waals surface area contributed by atoms with E-state index in [0.717, 1.165) is 23.5 Å². The van der Waals surface area contributed by atoms with E-state index in [1.807, 2.05) is 0 Å². The monoisotopic (exact) mass is 271 g/mol. The fourth-order valence-corrected chi connectivity index (χ4v) is 2.01. The standard InChI is InChI=1S/C10H14BrN3O/c1-7-5-14(6-8(2)15-7)10-12-3-9(11)4-13-10/h3-4,7-8H,5-6H2,1-2H3/t7-,8-/m1/s1. The molecule has 0 radical (unpaired) electrons. The lowest BCUT2D eigenvalue weighted by Crippen LogP contribution is -2.46. The lowest BCUT2D eigenvalue weighted by molar-refractivity contribution is -0.00572. The van der Waals surface area contributed by atoms with Crippen molar-refractivity contribution in [2.24, 2.45) is 0 Å². The van der Waals surface area contributed by atoms with Crippen molar-refractivity contribution in [3.63, 3.8) is 0 Å². The Kier molecular flexibility index (Phi) is 3.21. The Morgan fingerprint density at radius 1 is 1.27 bits per heavy atom. The zero-order valence-corrected chi connectivity index (χ0v) is 10.4. The van der Waals surface area contributed by atoms with E-state index in [2.05, 4.69) is 44.6 Å². The molecule has 1 fully saturated rings. The fraction of sp³-hybridized carbons (Fsp3) is 0.600. The second-order valence-corrected chi connectivity index (χ2v) is 4.78. The second kappa shape index (κ2) is 4.45. The van der Waals surface area contributed by atoms with Crippen LogP contribution in [0.2, 0.25) is 0 Å². The highest BCUT2D eigenvalue weighted by Crippen LogP contribution is 2.17. The van der Waals surface area contributed by atoms with Gasteiger partial charge in [0.1, 0.15) is 0 Å². The Morgan fingerprint density at radius 3 is 2.33 bits per heavy atom. The Balaban J connectivity index is 2.12. The first-order chi connectivity index (χ1) is 7.15. The lowest BCUT2D eigenvalue weighted by Gasteiger charge is -2.35. The van der Waals surface area contributed by atoms with Crippen molar-refractivity contribution in [2.75, 3.05) is 18.0 Å². The average Bonchev–Trinajstić information content (AvgIpc) is 2.17. The summed E-state index contributed by atoms with van der Waals surface area (Å²) in [7, 11) is 0. The first-order valence-corrected chi connectivity index (χ1v) is 5.82. The van der Waals surface area contributed by atoms with Gasteiger partial charge in [0.2, 0.25) is 5.95 Å². The van der Waals surface area contributed by atoms with Gasteiger partial charge in [-0.1, -0.05) is 0 Å². The molecule has 15 heavy (non-hydrogen) atoms. The molecule has 2 rings (SSSR count). The summed E-state index contributed by atoms with van der Waals surface area (Å²) in [5.74, 6) is 0.778. The van der Waals surface area contributed by atoms with E-state index in [9.17, 15) is 0 Å². The van der Waals surface area contributed by atoms with Gasteiger partial charge in [-0.25, -0.2) is 9.97 Å². The second-order valence-electron chi connectivity index (χ2n) is 3.86. The molecule has 0 N–H and O–H groups in total. The Labute approximate surface area is 97.8 Å². The van der Waals surface area contributed by atoms with E-state index >= 15 is 0 Å².